The zero-order valence-electron chi connectivity index (χ0n) is 19.6. The second kappa shape index (κ2) is 9.07. The van der Waals surface area contributed by atoms with Crippen molar-refractivity contribution in [2.75, 3.05) is 28.2 Å². The minimum atomic E-state index is -4.45. The number of aliphatic hydroxyl groups is 1. The predicted octanol–water partition coefficient (Wildman–Crippen LogP) is 4.99. The fourth-order valence-corrected chi connectivity index (χ4v) is 5.01. The molecule has 1 aromatic carbocycles. The first kappa shape index (κ1) is 23.3. The monoisotopic (exact) mass is 508 g/mol. The zero-order chi connectivity index (χ0) is 25.6. The van der Waals surface area contributed by atoms with Crippen LogP contribution in [-0.2, 0) is 6.18 Å². The number of pyridine rings is 2. The van der Waals surface area contributed by atoms with Crippen LogP contribution in [0.5, 0.6) is 0 Å². The second-order valence-corrected chi connectivity index (χ2v) is 9.08. The molecule has 3 aromatic heterocycles. The molecule has 0 amide bonds. The van der Waals surface area contributed by atoms with Crippen LogP contribution in [0, 0.1) is 0 Å². The van der Waals surface area contributed by atoms with Crippen LogP contribution in [-0.4, -0.2) is 45.5 Å². The maximum atomic E-state index is 13.3. The van der Waals surface area contributed by atoms with Crippen molar-refractivity contribution in [3.05, 3.63) is 72.9 Å². The number of nitrogens with one attached hydrogen (secondary N) is 1. The van der Waals surface area contributed by atoms with Crippen molar-refractivity contribution in [1.29, 1.82) is 0 Å². The van der Waals surface area contributed by atoms with Crippen LogP contribution in [0.4, 0.5) is 30.5 Å². The fourth-order valence-electron chi connectivity index (χ4n) is 5.01. The molecular formula is C26H23F3N6O2. The van der Waals surface area contributed by atoms with E-state index in [1.54, 1.807) is 41.6 Å². The van der Waals surface area contributed by atoms with Crippen LogP contribution in [0.2, 0.25) is 0 Å². The third kappa shape index (κ3) is 4.46. The van der Waals surface area contributed by atoms with Gasteiger partial charge in [0.1, 0.15) is 5.82 Å². The highest BCUT2D eigenvalue weighted by atomic mass is 19.4. The summed E-state index contributed by atoms with van der Waals surface area (Å²) in [7, 11) is 0. The number of anilines is 3. The molecule has 6 rings (SSSR count). The Morgan fingerprint density at radius 2 is 2.00 bits per heavy atom. The number of hydrogen-bond donors (Lipinski definition) is 2. The van der Waals surface area contributed by atoms with E-state index >= 15 is 0 Å². The highest BCUT2D eigenvalue weighted by molar-refractivity contribution is 5.76. The van der Waals surface area contributed by atoms with E-state index < -0.39 is 18.1 Å². The number of oxazole rings is 1. The Kier molecular flexibility index (Phi) is 5.71. The Balaban J connectivity index is 1.35. The number of piperidine rings is 1. The van der Waals surface area contributed by atoms with Crippen LogP contribution in [0.25, 0.3) is 22.6 Å². The summed E-state index contributed by atoms with van der Waals surface area (Å²) in [6, 6.07) is 12.2. The maximum Gasteiger partial charge on any atom is 0.416 e. The lowest BCUT2D eigenvalue weighted by Gasteiger charge is -2.48. The van der Waals surface area contributed by atoms with Gasteiger partial charge in [-0.15, -0.1) is 0 Å². The van der Waals surface area contributed by atoms with E-state index in [1.165, 1.54) is 12.5 Å². The Morgan fingerprint density at radius 1 is 1.11 bits per heavy atom. The molecule has 1 saturated heterocycles. The van der Waals surface area contributed by atoms with Gasteiger partial charge in [0.2, 0.25) is 6.35 Å². The maximum absolute atomic E-state index is 13.3. The highest BCUT2D eigenvalue weighted by Gasteiger charge is 2.38. The molecule has 2 aliphatic rings. The van der Waals surface area contributed by atoms with Gasteiger partial charge in [-0.25, -0.2) is 15.0 Å². The molecule has 1 fully saturated rings. The quantitative estimate of drug-likeness (QED) is 0.365. The second-order valence-electron chi connectivity index (χ2n) is 9.08. The van der Waals surface area contributed by atoms with Gasteiger partial charge in [0.05, 0.1) is 29.2 Å². The van der Waals surface area contributed by atoms with E-state index in [-0.39, 0.29) is 6.04 Å². The lowest BCUT2D eigenvalue weighted by molar-refractivity contribution is -0.137. The number of nitrogens with zero attached hydrogens (tertiary/aromatic N) is 5. The average molecular weight is 509 g/mol. The molecule has 0 radical (unpaired) electrons. The zero-order valence-corrected chi connectivity index (χ0v) is 19.6. The molecule has 8 nitrogen and oxygen atoms in total. The van der Waals surface area contributed by atoms with Crippen LogP contribution >= 0.6 is 0 Å². The van der Waals surface area contributed by atoms with Gasteiger partial charge in [-0.2, -0.15) is 13.2 Å². The Hall–Kier alpha value is -4.12. The van der Waals surface area contributed by atoms with E-state index in [9.17, 15) is 18.3 Å². The normalized spacial score (nSPS) is 17.9. The number of benzene rings is 1. The molecule has 2 atom stereocenters. The van der Waals surface area contributed by atoms with E-state index in [0.717, 1.165) is 42.8 Å². The summed E-state index contributed by atoms with van der Waals surface area (Å²) in [6.07, 6.45) is 0.690. The molecule has 2 bridgehead atoms. The summed E-state index contributed by atoms with van der Waals surface area (Å²) in [4.78, 5) is 17.0. The van der Waals surface area contributed by atoms with Crippen molar-refractivity contribution < 1.29 is 22.7 Å². The lowest BCUT2D eigenvalue weighted by atomic mass is 9.99. The number of aromatic nitrogens is 3. The van der Waals surface area contributed by atoms with E-state index in [1.807, 2.05) is 6.07 Å². The van der Waals surface area contributed by atoms with Gasteiger partial charge in [0.25, 0.3) is 0 Å². The number of rotatable bonds is 5. The molecule has 0 saturated carbocycles. The molecule has 37 heavy (non-hydrogen) atoms. The van der Waals surface area contributed by atoms with Crippen molar-refractivity contribution in [3.63, 3.8) is 0 Å². The van der Waals surface area contributed by atoms with E-state index in [2.05, 4.69) is 20.2 Å². The van der Waals surface area contributed by atoms with Gasteiger partial charge < -0.3 is 24.6 Å². The number of halogens is 3. The van der Waals surface area contributed by atoms with Crippen molar-refractivity contribution in [1.82, 2.24) is 15.0 Å². The van der Waals surface area contributed by atoms with Crippen LogP contribution in [0.3, 0.4) is 0 Å². The van der Waals surface area contributed by atoms with Gasteiger partial charge in [-0.05, 0) is 49.2 Å². The number of fused-ring (bicyclic) bond motifs is 4. The van der Waals surface area contributed by atoms with Gasteiger partial charge >= 0.3 is 6.18 Å². The summed E-state index contributed by atoms with van der Waals surface area (Å²) in [5, 5.41) is 14.4. The average Bonchev–Trinajstić information content (AvgIpc) is 3.44. The summed E-state index contributed by atoms with van der Waals surface area (Å²) in [6.45, 7) is 1.56. The topological polar surface area (TPSA) is 90.5 Å². The van der Waals surface area contributed by atoms with Crippen LogP contribution in [0.15, 0.2) is 71.7 Å². The first-order valence-electron chi connectivity index (χ1n) is 11.9. The standard InChI is InChI=1S/C26H23F3N6O2/c27-26(28,29)18-4-1-3-16(11-18)20-6-7-21-24(32-20)35(19-5-2-10-34(21)14-19)25(36)33-23-12-17(8-9-31-23)22-13-30-15-37-22/h1,3-4,6-9,11-13,15,19,25,36H,2,5,10,14H2,(H,31,33)/t19-,25?/m0/s1. The van der Waals surface area contributed by atoms with Gasteiger partial charge in [0, 0.05) is 30.4 Å². The van der Waals surface area contributed by atoms with Gasteiger partial charge in [-0.1, -0.05) is 12.1 Å². The summed E-state index contributed by atoms with van der Waals surface area (Å²) < 4.78 is 45.3. The molecule has 1 unspecified atom stereocenters. The van der Waals surface area contributed by atoms with Crippen molar-refractivity contribution in [2.24, 2.45) is 0 Å². The lowest BCUT2D eigenvalue weighted by Crippen LogP contribution is -2.58. The third-order valence-electron chi connectivity index (χ3n) is 6.73. The number of alkyl halides is 3. The first-order chi connectivity index (χ1) is 17.9. The molecule has 11 heteroatoms. The van der Waals surface area contributed by atoms with Gasteiger partial charge in [0.15, 0.2) is 18.0 Å². The molecule has 0 aliphatic carbocycles. The predicted molar refractivity (Wildman–Crippen MR) is 132 cm³/mol. The molecule has 190 valence electrons. The van der Waals surface area contributed by atoms with E-state index in [4.69, 9.17) is 9.40 Å². The molecule has 0 spiro atoms. The Morgan fingerprint density at radius 3 is 2.81 bits per heavy atom. The van der Waals surface area contributed by atoms with Gasteiger partial charge in [-0.3, -0.25) is 0 Å². The highest BCUT2D eigenvalue weighted by Crippen LogP contribution is 2.41. The minimum absolute atomic E-state index is 0.0366. The van der Waals surface area contributed by atoms with Crippen LogP contribution in [0.1, 0.15) is 18.4 Å². The molecule has 5 heterocycles. The summed E-state index contributed by atoms with van der Waals surface area (Å²) >= 11 is 0. The summed E-state index contributed by atoms with van der Waals surface area (Å²) in [5.74, 6) is 1.51. The SMILES string of the molecule is OC(Nc1cc(-c2cnco2)ccn1)N1c2nc(-c3cccc(C(F)(F)F)c3)ccc2N2CCC[C@H]1C2. The van der Waals surface area contributed by atoms with E-state index in [0.29, 0.717) is 35.2 Å². The Bertz CT molecular complexity index is 1410. The van der Waals surface area contributed by atoms with Crippen molar-refractivity contribution in [2.45, 2.75) is 31.4 Å². The fraction of sp³-hybridized carbons (Fsp3) is 0.269. The number of hydrogen-bond acceptors (Lipinski definition) is 8. The third-order valence-corrected chi connectivity index (χ3v) is 6.73. The molecule has 2 aliphatic heterocycles. The minimum Gasteiger partial charge on any atom is -0.444 e. The molecule has 4 aromatic rings. The van der Waals surface area contributed by atoms with Crippen LogP contribution < -0.4 is 15.1 Å². The Labute approximate surface area is 210 Å². The summed E-state index contributed by atoms with van der Waals surface area (Å²) in [5.41, 5.74) is 1.59. The molecular weight excluding hydrogens is 485 g/mol. The largest absolute Gasteiger partial charge is 0.444 e. The first-order valence-corrected chi connectivity index (χ1v) is 11.9. The number of aliphatic hydroxyl groups excluding tert-OH is 1. The van der Waals surface area contributed by atoms with Crippen molar-refractivity contribution >= 4 is 17.3 Å². The molecule has 2 N–H and O–H groups in total. The smallest absolute Gasteiger partial charge is 0.416 e. The van der Waals surface area contributed by atoms with Crippen molar-refractivity contribution in [3.8, 4) is 22.6 Å².